The Morgan fingerprint density at radius 1 is 1.24 bits per heavy atom. The molecule has 7 nitrogen and oxygen atoms in total. The number of likely N-dealkylation sites (tertiary alicyclic amines) is 1. The van der Waals surface area contributed by atoms with Crippen molar-refractivity contribution in [2.75, 3.05) is 6.54 Å². The van der Waals surface area contributed by atoms with Crippen LogP contribution in [-0.2, 0) is 11.3 Å². The quantitative estimate of drug-likeness (QED) is 0.917. The van der Waals surface area contributed by atoms with Crippen molar-refractivity contribution in [3.05, 3.63) is 53.4 Å². The van der Waals surface area contributed by atoms with Crippen LogP contribution in [0.3, 0.4) is 0 Å². The number of aromatic nitrogens is 3. The van der Waals surface area contributed by atoms with Crippen molar-refractivity contribution < 1.29 is 9.59 Å². The number of pyridine rings is 1. The number of nitrogens with one attached hydrogen (secondary N) is 1. The van der Waals surface area contributed by atoms with E-state index in [1.165, 1.54) is 6.92 Å². The predicted octanol–water partition coefficient (Wildman–Crippen LogP) is 1.79. The van der Waals surface area contributed by atoms with Crippen LogP contribution in [0.1, 0.15) is 53.1 Å². The summed E-state index contributed by atoms with van der Waals surface area (Å²) in [5, 5.41) is 2.72. The van der Waals surface area contributed by atoms with Crippen LogP contribution >= 0.6 is 0 Å². The smallest absolute Gasteiger partial charge is 0.255 e. The SMILES string of the molecule is CC(=O)NCc1cncc([C@@H]2CCCN2C(=O)c2cncc(C)c2)n1. The van der Waals surface area contributed by atoms with E-state index >= 15 is 0 Å². The number of aryl methyl sites for hydroxylation is 1. The van der Waals surface area contributed by atoms with E-state index in [2.05, 4.69) is 20.3 Å². The Balaban J connectivity index is 1.80. The van der Waals surface area contributed by atoms with Gasteiger partial charge in [-0.2, -0.15) is 0 Å². The monoisotopic (exact) mass is 339 g/mol. The van der Waals surface area contributed by atoms with Crippen molar-refractivity contribution in [3.63, 3.8) is 0 Å². The fourth-order valence-corrected chi connectivity index (χ4v) is 3.04. The van der Waals surface area contributed by atoms with Crippen LogP contribution in [0.4, 0.5) is 0 Å². The molecular formula is C18H21N5O2. The van der Waals surface area contributed by atoms with Gasteiger partial charge in [0.25, 0.3) is 5.91 Å². The molecule has 3 rings (SSSR count). The van der Waals surface area contributed by atoms with E-state index in [9.17, 15) is 9.59 Å². The van der Waals surface area contributed by atoms with Crippen molar-refractivity contribution in [2.24, 2.45) is 0 Å². The lowest BCUT2D eigenvalue weighted by atomic mass is 10.1. The van der Waals surface area contributed by atoms with Crippen molar-refractivity contribution in [1.82, 2.24) is 25.2 Å². The van der Waals surface area contributed by atoms with Crippen LogP contribution in [0.15, 0.2) is 30.9 Å². The number of nitrogens with zero attached hydrogens (tertiary/aromatic N) is 4. The van der Waals surface area contributed by atoms with Gasteiger partial charge in [0.05, 0.1) is 41.9 Å². The molecule has 0 spiro atoms. The molecule has 25 heavy (non-hydrogen) atoms. The zero-order valence-corrected chi connectivity index (χ0v) is 14.4. The third-order valence-electron chi connectivity index (χ3n) is 4.20. The summed E-state index contributed by atoms with van der Waals surface area (Å²) in [5.74, 6) is -0.149. The van der Waals surface area contributed by atoms with Gasteiger partial charge in [0.1, 0.15) is 0 Å². The Bertz CT molecular complexity index is 793. The second-order valence-corrected chi connectivity index (χ2v) is 6.25. The van der Waals surface area contributed by atoms with Gasteiger partial charge in [-0.1, -0.05) is 0 Å². The second kappa shape index (κ2) is 7.38. The summed E-state index contributed by atoms with van der Waals surface area (Å²) in [4.78, 5) is 38.7. The molecule has 0 aromatic carbocycles. The van der Waals surface area contributed by atoms with Gasteiger partial charge in [-0.25, -0.2) is 0 Å². The van der Waals surface area contributed by atoms with E-state index < -0.39 is 0 Å². The third kappa shape index (κ3) is 3.99. The molecule has 1 fully saturated rings. The van der Waals surface area contributed by atoms with Crippen LogP contribution in [0.2, 0.25) is 0 Å². The van der Waals surface area contributed by atoms with E-state index in [1.54, 1.807) is 24.8 Å². The molecule has 0 bridgehead atoms. The van der Waals surface area contributed by atoms with Gasteiger partial charge in [-0.05, 0) is 31.4 Å². The minimum Gasteiger partial charge on any atom is -0.351 e. The number of carbonyl (C=O) groups is 2. The molecule has 0 radical (unpaired) electrons. The molecular weight excluding hydrogens is 318 g/mol. The van der Waals surface area contributed by atoms with Crippen molar-refractivity contribution in [2.45, 2.75) is 39.3 Å². The molecule has 2 amide bonds. The number of amides is 2. The van der Waals surface area contributed by atoms with Crippen LogP contribution in [-0.4, -0.2) is 38.2 Å². The largest absolute Gasteiger partial charge is 0.351 e. The lowest BCUT2D eigenvalue weighted by molar-refractivity contribution is -0.119. The van der Waals surface area contributed by atoms with E-state index in [0.29, 0.717) is 24.3 Å². The molecule has 0 unspecified atom stereocenters. The molecule has 7 heteroatoms. The van der Waals surface area contributed by atoms with Gasteiger partial charge in [0.2, 0.25) is 5.91 Å². The normalized spacial score (nSPS) is 16.7. The molecule has 0 saturated carbocycles. The number of hydrogen-bond donors (Lipinski definition) is 1. The van der Waals surface area contributed by atoms with Crippen molar-refractivity contribution in [3.8, 4) is 0 Å². The predicted molar refractivity (Wildman–Crippen MR) is 91.5 cm³/mol. The number of carbonyl (C=O) groups excluding carboxylic acids is 2. The Labute approximate surface area is 146 Å². The topological polar surface area (TPSA) is 88.1 Å². The summed E-state index contributed by atoms with van der Waals surface area (Å²) >= 11 is 0. The minimum atomic E-state index is -0.114. The molecule has 2 aromatic rings. The first-order valence-electron chi connectivity index (χ1n) is 8.32. The summed E-state index contributed by atoms with van der Waals surface area (Å²) in [7, 11) is 0. The fourth-order valence-electron chi connectivity index (χ4n) is 3.04. The van der Waals surface area contributed by atoms with E-state index in [4.69, 9.17) is 0 Å². The summed E-state index contributed by atoms with van der Waals surface area (Å²) in [6.45, 7) is 4.40. The van der Waals surface area contributed by atoms with E-state index in [0.717, 1.165) is 24.1 Å². The lowest BCUT2D eigenvalue weighted by Crippen LogP contribution is -2.31. The third-order valence-corrected chi connectivity index (χ3v) is 4.20. The Kier molecular flexibility index (Phi) is 5.02. The first-order chi connectivity index (χ1) is 12.0. The van der Waals surface area contributed by atoms with E-state index in [-0.39, 0.29) is 17.9 Å². The molecule has 1 atom stereocenters. The number of hydrogen-bond acceptors (Lipinski definition) is 5. The van der Waals surface area contributed by atoms with Crippen molar-refractivity contribution >= 4 is 11.8 Å². The lowest BCUT2D eigenvalue weighted by Gasteiger charge is -2.24. The maximum atomic E-state index is 12.9. The molecule has 2 aromatic heterocycles. The van der Waals surface area contributed by atoms with Gasteiger partial charge in [-0.15, -0.1) is 0 Å². The average molecular weight is 339 g/mol. The standard InChI is InChI=1S/C18H21N5O2/c1-12-6-14(8-19-7-12)18(25)23-5-3-4-17(23)16-11-20-9-15(22-16)10-21-13(2)24/h6-9,11,17H,3-5,10H2,1-2H3,(H,21,24)/t17-/m0/s1. The first kappa shape index (κ1) is 17.0. The molecule has 1 aliphatic rings. The molecule has 130 valence electrons. The van der Waals surface area contributed by atoms with Crippen molar-refractivity contribution in [1.29, 1.82) is 0 Å². The molecule has 1 saturated heterocycles. The fraction of sp³-hybridized carbons (Fsp3) is 0.389. The molecule has 0 aliphatic carbocycles. The maximum Gasteiger partial charge on any atom is 0.255 e. The van der Waals surface area contributed by atoms with Gasteiger partial charge in [-0.3, -0.25) is 24.5 Å². The number of rotatable bonds is 4. The Morgan fingerprint density at radius 3 is 2.80 bits per heavy atom. The van der Waals surface area contributed by atoms with Gasteiger partial charge in [0, 0.05) is 25.9 Å². The summed E-state index contributed by atoms with van der Waals surface area (Å²) in [5.41, 5.74) is 2.99. The molecule has 1 N–H and O–H groups in total. The molecule has 1 aliphatic heterocycles. The van der Waals surface area contributed by atoms with Crippen LogP contribution in [0, 0.1) is 6.92 Å². The van der Waals surface area contributed by atoms with Crippen LogP contribution < -0.4 is 5.32 Å². The van der Waals surface area contributed by atoms with Crippen LogP contribution in [0.25, 0.3) is 0 Å². The van der Waals surface area contributed by atoms with Gasteiger partial charge < -0.3 is 10.2 Å². The zero-order chi connectivity index (χ0) is 17.8. The summed E-state index contributed by atoms with van der Waals surface area (Å²) in [6.07, 6.45) is 8.43. The van der Waals surface area contributed by atoms with Crippen LogP contribution in [0.5, 0.6) is 0 Å². The van der Waals surface area contributed by atoms with E-state index in [1.807, 2.05) is 17.9 Å². The average Bonchev–Trinajstić information content (AvgIpc) is 3.09. The highest BCUT2D eigenvalue weighted by molar-refractivity contribution is 5.94. The van der Waals surface area contributed by atoms with Gasteiger partial charge >= 0.3 is 0 Å². The second-order valence-electron chi connectivity index (χ2n) is 6.25. The first-order valence-corrected chi connectivity index (χ1v) is 8.32. The Hall–Kier alpha value is -2.83. The summed E-state index contributed by atoms with van der Waals surface area (Å²) in [6, 6.07) is 1.75. The minimum absolute atomic E-state index is 0.0345. The highest BCUT2D eigenvalue weighted by Crippen LogP contribution is 2.31. The summed E-state index contributed by atoms with van der Waals surface area (Å²) < 4.78 is 0. The highest BCUT2D eigenvalue weighted by Gasteiger charge is 2.32. The maximum absolute atomic E-state index is 12.9. The zero-order valence-electron chi connectivity index (χ0n) is 14.4. The highest BCUT2D eigenvalue weighted by atomic mass is 16.2. The Morgan fingerprint density at radius 2 is 2.04 bits per heavy atom. The molecule has 3 heterocycles. The van der Waals surface area contributed by atoms with Gasteiger partial charge in [0.15, 0.2) is 0 Å².